The predicted molar refractivity (Wildman–Crippen MR) is 111 cm³/mol. The van der Waals surface area contributed by atoms with Crippen molar-refractivity contribution in [2.45, 2.75) is 37.8 Å². The first kappa shape index (κ1) is 18.9. The van der Waals surface area contributed by atoms with Crippen molar-refractivity contribution in [3.8, 4) is 11.1 Å². The van der Waals surface area contributed by atoms with E-state index in [1.165, 1.54) is 11.1 Å². The lowest BCUT2D eigenvalue weighted by molar-refractivity contribution is 0.0144. The maximum Gasteiger partial charge on any atom is 0.137 e. The van der Waals surface area contributed by atoms with E-state index >= 15 is 0 Å². The molecule has 6 heteroatoms. The molecule has 2 fully saturated rings. The van der Waals surface area contributed by atoms with E-state index in [0.717, 1.165) is 48.2 Å². The maximum atomic E-state index is 5.94. The zero-order valence-electron chi connectivity index (χ0n) is 15.6. The number of pyridine rings is 1. The predicted octanol–water partition coefficient (Wildman–Crippen LogP) is 4.04. The molecule has 0 unspecified atom stereocenters. The van der Waals surface area contributed by atoms with Gasteiger partial charge >= 0.3 is 0 Å². The molecule has 2 atom stereocenters. The molecule has 0 bridgehead atoms. The molecular formula is C21H26BrN3O2. The van der Waals surface area contributed by atoms with E-state index in [2.05, 4.69) is 51.4 Å². The smallest absolute Gasteiger partial charge is 0.137 e. The summed E-state index contributed by atoms with van der Waals surface area (Å²) < 4.78 is 12.3. The van der Waals surface area contributed by atoms with Gasteiger partial charge in [0.1, 0.15) is 5.82 Å². The lowest BCUT2D eigenvalue weighted by Gasteiger charge is -2.33. The van der Waals surface area contributed by atoms with E-state index in [-0.39, 0.29) is 12.1 Å². The zero-order chi connectivity index (χ0) is 18.8. The molecule has 3 heterocycles. The van der Waals surface area contributed by atoms with Crippen LogP contribution in [0.3, 0.4) is 0 Å². The van der Waals surface area contributed by atoms with Crippen LogP contribution in [-0.2, 0) is 9.47 Å². The number of ether oxygens (including phenoxy) is 2. The van der Waals surface area contributed by atoms with Crippen molar-refractivity contribution in [2.24, 2.45) is 0 Å². The van der Waals surface area contributed by atoms with Crippen LogP contribution in [-0.4, -0.2) is 37.5 Å². The molecule has 3 N–H and O–H groups in total. The van der Waals surface area contributed by atoms with E-state index < -0.39 is 0 Å². The summed E-state index contributed by atoms with van der Waals surface area (Å²) in [7, 11) is 0. The summed E-state index contributed by atoms with van der Waals surface area (Å²) in [5.74, 6) is 1.05. The van der Waals surface area contributed by atoms with Crippen LogP contribution in [0.15, 0.2) is 34.9 Å². The number of morpholine rings is 1. The first-order valence-electron chi connectivity index (χ1n) is 9.60. The minimum absolute atomic E-state index is 0.212. The van der Waals surface area contributed by atoms with Crippen molar-refractivity contribution < 1.29 is 9.47 Å². The van der Waals surface area contributed by atoms with Gasteiger partial charge in [-0.1, -0.05) is 12.1 Å². The molecule has 0 amide bonds. The zero-order valence-corrected chi connectivity index (χ0v) is 17.2. The van der Waals surface area contributed by atoms with Crippen LogP contribution in [0.25, 0.3) is 11.1 Å². The first-order valence-corrected chi connectivity index (χ1v) is 10.4. The highest BCUT2D eigenvalue weighted by Gasteiger charge is 2.26. The second kappa shape index (κ2) is 8.27. The van der Waals surface area contributed by atoms with Gasteiger partial charge in [0.05, 0.1) is 23.2 Å². The molecular weight excluding hydrogens is 406 g/mol. The number of benzene rings is 1. The highest BCUT2D eigenvalue weighted by Crippen LogP contribution is 2.36. The Morgan fingerprint density at radius 3 is 2.67 bits per heavy atom. The standard InChI is InChI=1S/C21H26BrN3O2/c1-13-10-24-20(12-27-13)18-8-15(16-9-19(22)21(23)25-11-16)2-3-17(18)14-4-6-26-7-5-14/h2-3,8-9,11,13-14,20,24H,4-7,10,12H2,1H3,(H2,23,25)/t13-,20-/m0/s1. The van der Waals surface area contributed by atoms with Gasteiger partial charge in [0.2, 0.25) is 0 Å². The number of nitrogen functional groups attached to an aromatic ring is 1. The number of hydrogen-bond donors (Lipinski definition) is 2. The van der Waals surface area contributed by atoms with E-state index in [1.54, 1.807) is 0 Å². The Kier molecular flexibility index (Phi) is 5.78. The molecule has 2 aliphatic heterocycles. The number of nitrogens with one attached hydrogen (secondary N) is 1. The van der Waals surface area contributed by atoms with Crippen molar-refractivity contribution in [3.05, 3.63) is 46.1 Å². The van der Waals surface area contributed by atoms with Crippen molar-refractivity contribution in [1.29, 1.82) is 0 Å². The molecule has 0 aliphatic carbocycles. The van der Waals surface area contributed by atoms with Gasteiger partial charge < -0.3 is 20.5 Å². The van der Waals surface area contributed by atoms with E-state index in [9.17, 15) is 0 Å². The van der Waals surface area contributed by atoms with Gasteiger partial charge in [-0.05, 0) is 70.4 Å². The molecule has 1 aromatic heterocycles. The molecule has 0 spiro atoms. The Balaban J connectivity index is 1.72. The molecule has 2 aliphatic rings. The first-order chi connectivity index (χ1) is 13.1. The highest BCUT2D eigenvalue weighted by molar-refractivity contribution is 9.10. The number of rotatable bonds is 3. The monoisotopic (exact) mass is 431 g/mol. The van der Waals surface area contributed by atoms with Crippen molar-refractivity contribution >= 4 is 21.7 Å². The maximum absolute atomic E-state index is 5.94. The van der Waals surface area contributed by atoms with Gasteiger partial charge in [-0.2, -0.15) is 0 Å². The lowest BCUT2D eigenvalue weighted by atomic mass is 9.84. The van der Waals surface area contributed by atoms with Crippen LogP contribution in [0.2, 0.25) is 0 Å². The second-order valence-electron chi connectivity index (χ2n) is 7.43. The van der Waals surface area contributed by atoms with Crippen LogP contribution in [0.1, 0.15) is 42.9 Å². The van der Waals surface area contributed by atoms with Crippen LogP contribution in [0, 0.1) is 0 Å². The average Bonchev–Trinajstić information content (AvgIpc) is 2.71. The summed E-state index contributed by atoms with van der Waals surface area (Å²) in [5.41, 5.74) is 10.8. The second-order valence-corrected chi connectivity index (χ2v) is 8.28. The number of nitrogens with zero attached hydrogens (tertiary/aromatic N) is 1. The Morgan fingerprint density at radius 2 is 1.96 bits per heavy atom. The van der Waals surface area contributed by atoms with Gasteiger partial charge in [-0.25, -0.2) is 4.98 Å². The fourth-order valence-electron chi connectivity index (χ4n) is 3.93. The number of aromatic nitrogens is 1. The fraction of sp³-hybridized carbons (Fsp3) is 0.476. The molecule has 2 aromatic rings. The van der Waals surface area contributed by atoms with Gasteiger partial charge in [0.15, 0.2) is 0 Å². The van der Waals surface area contributed by atoms with Crippen LogP contribution in [0.5, 0.6) is 0 Å². The number of halogens is 1. The third-order valence-electron chi connectivity index (χ3n) is 5.53. The topological polar surface area (TPSA) is 69.4 Å². The minimum Gasteiger partial charge on any atom is -0.383 e. The quantitative estimate of drug-likeness (QED) is 0.767. The van der Waals surface area contributed by atoms with Crippen molar-refractivity contribution in [3.63, 3.8) is 0 Å². The van der Waals surface area contributed by atoms with E-state index in [1.807, 2.05) is 12.3 Å². The summed E-state index contributed by atoms with van der Waals surface area (Å²) in [6, 6.07) is 9.01. The molecule has 0 radical (unpaired) electrons. The molecule has 5 nitrogen and oxygen atoms in total. The minimum atomic E-state index is 0.212. The van der Waals surface area contributed by atoms with Crippen LogP contribution in [0.4, 0.5) is 5.82 Å². The van der Waals surface area contributed by atoms with Gasteiger partial charge in [0.25, 0.3) is 0 Å². The molecule has 0 saturated carbocycles. The molecule has 27 heavy (non-hydrogen) atoms. The third-order valence-corrected chi connectivity index (χ3v) is 6.16. The Hall–Kier alpha value is -1.47. The van der Waals surface area contributed by atoms with Gasteiger partial charge in [-0.3, -0.25) is 0 Å². The lowest BCUT2D eigenvalue weighted by Crippen LogP contribution is -2.40. The summed E-state index contributed by atoms with van der Waals surface area (Å²) in [6.45, 7) is 5.36. The van der Waals surface area contributed by atoms with Crippen molar-refractivity contribution in [1.82, 2.24) is 10.3 Å². The van der Waals surface area contributed by atoms with Crippen molar-refractivity contribution in [2.75, 3.05) is 32.1 Å². The number of hydrogen-bond acceptors (Lipinski definition) is 5. The highest BCUT2D eigenvalue weighted by atomic mass is 79.9. The fourth-order valence-corrected chi connectivity index (χ4v) is 4.28. The van der Waals surface area contributed by atoms with Gasteiger partial charge in [-0.15, -0.1) is 0 Å². The number of anilines is 1. The molecule has 1 aromatic carbocycles. The molecule has 144 valence electrons. The Morgan fingerprint density at radius 1 is 1.15 bits per heavy atom. The van der Waals surface area contributed by atoms with Gasteiger partial charge in [0, 0.05) is 31.5 Å². The molecule has 2 saturated heterocycles. The number of nitrogens with two attached hydrogens (primary N) is 1. The largest absolute Gasteiger partial charge is 0.383 e. The van der Waals surface area contributed by atoms with Crippen LogP contribution < -0.4 is 11.1 Å². The Bertz CT molecular complexity index is 800. The van der Waals surface area contributed by atoms with E-state index in [0.29, 0.717) is 18.3 Å². The van der Waals surface area contributed by atoms with Crippen LogP contribution >= 0.6 is 15.9 Å². The summed E-state index contributed by atoms with van der Waals surface area (Å²) >= 11 is 3.49. The summed E-state index contributed by atoms with van der Waals surface area (Å²) in [6.07, 6.45) is 4.24. The normalized spacial score (nSPS) is 24.1. The summed E-state index contributed by atoms with van der Waals surface area (Å²) in [4.78, 5) is 4.29. The van der Waals surface area contributed by atoms with E-state index in [4.69, 9.17) is 15.2 Å². The average molecular weight is 432 g/mol. The molecule has 4 rings (SSSR count). The summed E-state index contributed by atoms with van der Waals surface area (Å²) in [5, 5.41) is 3.66. The third kappa shape index (κ3) is 4.19. The SMILES string of the molecule is C[C@H]1CN[C@H](c2cc(-c3cnc(N)c(Br)c3)ccc2C2CCOCC2)CO1. The Labute approximate surface area is 168 Å².